The SMILES string of the molecule is CC(NC1CS(=O)(=O)CC1O)c1ccncc1. The first-order valence-corrected chi connectivity index (χ1v) is 7.34. The molecule has 0 aliphatic carbocycles. The van der Waals surface area contributed by atoms with Crippen molar-refractivity contribution < 1.29 is 13.5 Å². The second-order valence-corrected chi connectivity index (χ2v) is 6.57. The molecule has 5 nitrogen and oxygen atoms in total. The minimum absolute atomic E-state index is 0.00356. The molecule has 3 unspecified atom stereocenters. The highest BCUT2D eigenvalue weighted by molar-refractivity contribution is 7.91. The molecule has 94 valence electrons. The Morgan fingerprint density at radius 1 is 1.41 bits per heavy atom. The van der Waals surface area contributed by atoms with Crippen LogP contribution in [0.25, 0.3) is 0 Å². The van der Waals surface area contributed by atoms with E-state index in [1.807, 2.05) is 19.1 Å². The quantitative estimate of drug-likeness (QED) is 0.789. The van der Waals surface area contributed by atoms with Crippen molar-refractivity contribution in [1.29, 1.82) is 0 Å². The number of aliphatic hydroxyl groups excluding tert-OH is 1. The molecule has 0 aromatic carbocycles. The first kappa shape index (κ1) is 12.5. The Hall–Kier alpha value is -0.980. The molecule has 6 heteroatoms. The van der Waals surface area contributed by atoms with Gasteiger partial charge < -0.3 is 10.4 Å². The van der Waals surface area contributed by atoms with E-state index in [-0.39, 0.29) is 23.6 Å². The van der Waals surface area contributed by atoms with E-state index in [9.17, 15) is 13.5 Å². The zero-order valence-electron chi connectivity index (χ0n) is 9.57. The van der Waals surface area contributed by atoms with E-state index in [0.717, 1.165) is 5.56 Å². The summed E-state index contributed by atoms with van der Waals surface area (Å²) in [5, 5.41) is 12.8. The van der Waals surface area contributed by atoms with Crippen LogP contribution in [0.5, 0.6) is 0 Å². The number of pyridine rings is 1. The summed E-state index contributed by atoms with van der Waals surface area (Å²) < 4.78 is 22.7. The van der Waals surface area contributed by atoms with Gasteiger partial charge in [-0.05, 0) is 24.6 Å². The molecule has 17 heavy (non-hydrogen) atoms. The predicted octanol–water partition coefficient (Wildman–Crippen LogP) is -0.110. The van der Waals surface area contributed by atoms with Crippen LogP contribution in [0.4, 0.5) is 0 Å². The van der Waals surface area contributed by atoms with E-state index in [1.54, 1.807) is 12.4 Å². The summed E-state index contributed by atoms with van der Waals surface area (Å²) in [6.45, 7) is 1.94. The predicted molar refractivity (Wildman–Crippen MR) is 64.2 cm³/mol. The number of hydrogen-bond acceptors (Lipinski definition) is 5. The lowest BCUT2D eigenvalue weighted by Crippen LogP contribution is -2.40. The molecule has 1 aromatic heterocycles. The topological polar surface area (TPSA) is 79.3 Å². The molecule has 1 aliphatic heterocycles. The summed E-state index contributed by atoms with van der Waals surface area (Å²) in [7, 11) is -3.10. The van der Waals surface area contributed by atoms with Gasteiger partial charge in [-0.1, -0.05) is 0 Å². The molecular weight excluding hydrogens is 240 g/mol. The summed E-state index contributed by atoms with van der Waals surface area (Å²) in [4.78, 5) is 3.92. The first-order valence-electron chi connectivity index (χ1n) is 5.52. The van der Waals surface area contributed by atoms with Crippen LogP contribution in [0.15, 0.2) is 24.5 Å². The average molecular weight is 256 g/mol. The second-order valence-electron chi connectivity index (χ2n) is 4.42. The fraction of sp³-hybridized carbons (Fsp3) is 0.545. The van der Waals surface area contributed by atoms with Gasteiger partial charge in [-0.15, -0.1) is 0 Å². The van der Waals surface area contributed by atoms with Gasteiger partial charge >= 0.3 is 0 Å². The van der Waals surface area contributed by atoms with Crippen molar-refractivity contribution in [2.24, 2.45) is 0 Å². The highest BCUT2D eigenvalue weighted by atomic mass is 32.2. The lowest BCUT2D eigenvalue weighted by atomic mass is 10.1. The fourth-order valence-electron chi connectivity index (χ4n) is 2.06. The van der Waals surface area contributed by atoms with Gasteiger partial charge in [-0.2, -0.15) is 0 Å². The molecule has 0 bridgehead atoms. The van der Waals surface area contributed by atoms with Gasteiger partial charge in [0.05, 0.1) is 17.6 Å². The number of nitrogens with one attached hydrogen (secondary N) is 1. The summed E-state index contributed by atoms with van der Waals surface area (Å²) >= 11 is 0. The Kier molecular flexibility index (Phi) is 3.46. The molecule has 2 rings (SSSR count). The van der Waals surface area contributed by atoms with Crippen LogP contribution >= 0.6 is 0 Å². The summed E-state index contributed by atoms with van der Waals surface area (Å²) in [6, 6.07) is 3.34. The molecule has 0 amide bonds. The van der Waals surface area contributed by atoms with Crippen molar-refractivity contribution in [3.8, 4) is 0 Å². The number of sulfone groups is 1. The maximum atomic E-state index is 11.4. The van der Waals surface area contributed by atoms with Crippen LogP contribution in [0.1, 0.15) is 18.5 Å². The van der Waals surface area contributed by atoms with Crippen LogP contribution < -0.4 is 5.32 Å². The lowest BCUT2D eigenvalue weighted by Gasteiger charge is -2.21. The maximum Gasteiger partial charge on any atom is 0.154 e. The van der Waals surface area contributed by atoms with Crippen molar-refractivity contribution in [3.63, 3.8) is 0 Å². The van der Waals surface area contributed by atoms with Crippen molar-refractivity contribution in [2.75, 3.05) is 11.5 Å². The molecule has 0 saturated carbocycles. The van der Waals surface area contributed by atoms with Gasteiger partial charge in [0.15, 0.2) is 9.84 Å². The second kappa shape index (κ2) is 4.72. The van der Waals surface area contributed by atoms with Crippen molar-refractivity contribution in [2.45, 2.75) is 25.1 Å². The smallest absolute Gasteiger partial charge is 0.154 e. The normalized spacial score (nSPS) is 29.1. The van der Waals surface area contributed by atoms with Crippen molar-refractivity contribution in [3.05, 3.63) is 30.1 Å². The van der Waals surface area contributed by atoms with Gasteiger partial charge in [0, 0.05) is 24.5 Å². The number of rotatable bonds is 3. The van der Waals surface area contributed by atoms with Crippen LogP contribution in [0.2, 0.25) is 0 Å². The third kappa shape index (κ3) is 3.02. The Morgan fingerprint density at radius 2 is 2.06 bits per heavy atom. The minimum Gasteiger partial charge on any atom is -0.390 e. The molecule has 1 fully saturated rings. The Morgan fingerprint density at radius 3 is 2.59 bits per heavy atom. The summed E-state index contributed by atoms with van der Waals surface area (Å²) in [6.07, 6.45) is 2.56. The van der Waals surface area contributed by atoms with Crippen molar-refractivity contribution in [1.82, 2.24) is 10.3 Å². The van der Waals surface area contributed by atoms with Crippen LogP contribution in [0.3, 0.4) is 0 Å². The van der Waals surface area contributed by atoms with E-state index in [0.29, 0.717) is 0 Å². The lowest BCUT2D eigenvalue weighted by molar-refractivity contribution is 0.160. The largest absolute Gasteiger partial charge is 0.390 e. The summed E-state index contributed by atoms with van der Waals surface area (Å²) in [5.74, 6) is -0.142. The van der Waals surface area contributed by atoms with Gasteiger partial charge in [0.1, 0.15) is 0 Å². The molecule has 1 aliphatic rings. The van der Waals surface area contributed by atoms with E-state index in [1.165, 1.54) is 0 Å². The average Bonchev–Trinajstić information content (AvgIpc) is 2.53. The van der Waals surface area contributed by atoms with Gasteiger partial charge in [-0.25, -0.2) is 8.42 Å². The molecule has 1 aromatic rings. The third-order valence-corrected chi connectivity index (χ3v) is 4.71. The third-order valence-electron chi connectivity index (χ3n) is 2.99. The number of aromatic nitrogens is 1. The summed E-state index contributed by atoms with van der Waals surface area (Å²) in [5.41, 5.74) is 1.02. The number of aliphatic hydroxyl groups is 1. The molecule has 0 radical (unpaired) electrons. The van der Waals surface area contributed by atoms with E-state index < -0.39 is 15.9 Å². The monoisotopic (exact) mass is 256 g/mol. The highest BCUT2D eigenvalue weighted by Crippen LogP contribution is 2.17. The molecule has 2 N–H and O–H groups in total. The minimum atomic E-state index is -3.10. The van der Waals surface area contributed by atoms with E-state index >= 15 is 0 Å². The van der Waals surface area contributed by atoms with Gasteiger partial charge in [-0.3, -0.25) is 4.98 Å². The molecule has 2 heterocycles. The molecule has 1 saturated heterocycles. The van der Waals surface area contributed by atoms with E-state index in [2.05, 4.69) is 10.3 Å². The van der Waals surface area contributed by atoms with Crippen molar-refractivity contribution >= 4 is 9.84 Å². The Bertz CT molecular complexity index is 475. The maximum absolute atomic E-state index is 11.4. The van der Waals surface area contributed by atoms with Gasteiger partial charge in [0.2, 0.25) is 0 Å². The standard InChI is InChI=1S/C11H16N2O3S/c1-8(9-2-4-12-5-3-9)13-10-6-17(15,16)7-11(10)14/h2-5,8,10-11,13-14H,6-7H2,1H3. The Balaban J connectivity index is 2.03. The fourth-order valence-corrected chi connectivity index (χ4v) is 3.81. The zero-order chi connectivity index (χ0) is 12.5. The number of nitrogens with zero attached hydrogens (tertiary/aromatic N) is 1. The van der Waals surface area contributed by atoms with Crippen LogP contribution in [-0.4, -0.2) is 42.2 Å². The highest BCUT2D eigenvalue weighted by Gasteiger charge is 2.36. The van der Waals surface area contributed by atoms with Crippen LogP contribution in [-0.2, 0) is 9.84 Å². The Labute approximate surface area is 101 Å². The van der Waals surface area contributed by atoms with Gasteiger partial charge in [0.25, 0.3) is 0 Å². The first-order chi connectivity index (χ1) is 7.98. The number of hydrogen-bond donors (Lipinski definition) is 2. The molecular formula is C11H16N2O3S. The zero-order valence-corrected chi connectivity index (χ0v) is 10.4. The van der Waals surface area contributed by atoms with E-state index in [4.69, 9.17) is 0 Å². The van der Waals surface area contributed by atoms with Crippen LogP contribution in [0, 0.1) is 0 Å². The molecule has 3 atom stereocenters. The molecule has 0 spiro atoms.